The van der Waals surface area contributed by atoms with Crippen molar-refractivity contribution in [3.63, 3.8) is 0 Å². The van der Waals surface area contributed by atoms with E-state index >= 15 is 0 Å². The van der Waals surface area contributed by atoms with Crippen molar-refractivity contribution < 1.29 is 84.6 Å². The first-order chi connectivity index (χ1) is 8.74. The molecule has 0 aliphatic heterocycles. The zero-order chi connectivity index (χ0) is 15.7. The Morgan fingerprint density at radius 1 is 1.00 bits per heavy atom. The Balaban J connectivity index is -0.0000000222. The van der Waals surface area contributed by atoms with E-state index in [1.54, 1.807) is 19.6 Å². The average Bonchev–Trinajstić information content (AvgIpc) is 2.43. The second-order valence-electron chi connectivity index (χ2n) is 1.89. The van der Waals surface area contributed by atoms with Crippen LogP contribution in [-0.4, -0.2) is 45.8 Å². The Morgan fingerprint density at radius 3 is 1.35 bits per heavy atom. The molecule has 6 nitrogen and oxygen atoms in total. The predicted molar refractivity (Wildman–Crippen MR) is 73.1 cm³/mol. The maximum absolute atomic E-state index is 9.40. The quantitative estimate of drug-likeness (QED) is 0.356. The molecule has 0 saturated heterocycles. The molecule has 0 atom stereocenters. The van der Waals surface area contributed by atoms with Crippen LogP contribution in [0.4, 0.5) is 0 Å². The Bertz CT molecular complexity index is 143. The molecule has 0 aliphatic carbocycles. The van der Waals surface area contributed by atoms with Crippen LogP contribution in [0.2, 0.25) is 0 Å². The summed E-state index contributed by atoms with van der Waals surface area (Å²) in [4.78, 5) is 35.0. The minimum absolute atomic E-state index is 0. The van der Waals surface area contributed by atoms with Crippen LogP contribution in [0.1, 0.15) is 33.6 Å². The van der Waals surface area contributed by atoms with Gasteiger partial charge in [0.15, 0.2) is 0 Å². The van der Waals surface area contributed by atoms with Crippen LogP contribution in [0.15, 0.2) is 0 Å². The molecule has 2 radical (unpaired) electrons. The molecule has 8 heteroatoms. The molecule has 0 aromatic rings. The summed E-state index contributed by atoms with van der Waals surface area (Å²) >= 11 is 0. The number of rotatable bonds is 5. The van der Waals surface area contributed by atoms with Crippen LogP contribution in [0, 0.1) is 0 Å². The molecule has 0 aromatic carbocycles. The molecule has 0 fully saturated rings. The van der Waals surface area contributed by atoms with Crippen molar-refractivity contribution in [2.24, 2.45) is 5.73 Å². The van der Waals surface area contributed by atoms with Crippen LogP contribution in [-0.2, 0) is 84.6 Å². The van der Waals surface area contributed by atoms with Gasteiger partial charge in [0.2, 0.25) is 0 Å². The van der Waals surface area contributed by atoms with E-state index < -0.39 is 0 Å². The van der Waals surface area contributed by atoms with Crippen molar-refractivity contribution >= 4 is 25.6 Å². The zero-order valence-corrected chi connectivity index (χ0v) is 18.4. The van der Waals surface area contributed by atoms with Gasteiger partial charge in [0.05, 0.1) is 0 Å². The van der Waals surface area contributed by atoms with Gasteiger partial charge in [0.1, 0.15) is 0 Å². The van der Waals surface area contributed by atoms with Gasteiger partial charge in [-0.3, -0.25) is 25.6 Å². The smallest absolute Gasteiger partial charge is 0 e. The fourth-order valence-corrected chi connectivity index (χ4v) is 0.235. The molecular weight excluding hydrogens is 414 g/mol. The Hall–Kier alpha value is 0.808. The van der Waals surface area contributed by atoms with Crippen molar-refractivity contribution in [3.8, 4) is 0 Å². The summed E-state index contributed by atoms with van der Waals surface area (Å²) in [5.74, 6) is 0. The second-order valence-corrected chi connectivity index (χ2v) is 1.89. The Morgan fingerprint density at radius 2 is 1.30 bits per heavy atom. The van der Waals surface area contributed by atoms with E-state index in [0.29, 0.717) is 19.4 Å². The monoisotopic (exact) mass is 438 g/mol. The van der Waals surface area contributed by atoms with Crippen LogP contribution in [0.5, 0.6) is 0 Å². The molecule has 0 bridgehead atoms. The third-order valence-corrected chi connectivity index (χ3v) is 0.723. The minimum atomic E-state index is 0. The zero-order valence-electron chi connectivity index (χ0n) is 12.8. The molecule has 3 N–H and O–H groups in total. The van der Waals surface area contributed by atoms with Crippen molar-refractivity contribution in [3.05, 3.63) is 0 Å². The van der Waals surface area contributed by atoms with Crippen molar-refractivity contribution in [1.82, 2.24) is 5.32 Å². The van der Waals surface area contributed by atoms with Crippen molar-refractivity contribution in [2.45, 2.75) is 33.6 Å². The van der Waals surface area contributed by atoms with Crippen LogP contribution in [0.25, 0.3) is 0 Å². The molecule has 20 heavy (non-hydrogen) atoms. The Labute approximate surface area is 173 Å². The first-order valence-corrected chi connectivity index (χ1v) is 5.32. The maximum Gasteiger partial charge on any atom is 0 e. The number of carbonyl (C=O) groups excluding carboxylic acids is 4. The van der Waals surface area contributed by atoms with E-state index in [2.05, 4.69) is 12.1 Å². The summed E-state index contributed by atoms with van der Waals surface area (Å²) in [6, 6.07) is 0. The van der Waals surface area contributed by atoms with E-state index in [1.165, 1.54) is 13.2 Å². The summed E-state index contributed by atoms with van der Waals surface area (Å²) < 4.78 is 0. The summed E-state index contributed by atoms with van der Waals surface area (Å²) in [5.41, 5.74) is 4.88. The number of nitrogens with one attached hydrogen (secondary N) is 1. The van der Waals surface area contributed by atoms with Crippen molar-refractivity contribution in [1.29, 1.82) is 0 Å². The largest absolute Gasteiger partial charge is 0.545 e. The molecule has 0 amide bonds. The van der Waals surface area contributed by atoms with E-state index in [0.717, 1.165) is 6.54 Å². The normalized spacial score (nSPS) is 5.45. The van der Waals surface area contributed by atoms with Gasteiger partial charge in [-0.2, -0.15) is 6.92 Å². The van der Waals surface area contributed by atoms with E-state index in [1.807, 2.05) is 13.8 Å². The number of hydrogen-bond acceptors (Lipinski definition) is 6. The van der Waals surface area contributed by atoms with Gasteiger partial charge in [-0.25, -0.2) is 0 Å². The summed E-state index contributed by atoms with van der Waals surface area (Å²) in [6.45, 7) is 9.73. The van der Waals surface area contributed by atoms with Crippen LogP contribution < -0.4 is 11.1 Å². The van der Waals surface area contributed by atoms with E-state index in [9.17, 15) is 9.59 Å². The van der Waals surface area contributed by atoms with Gasteiger partial charge in [-0.15, -0.1) is 12.8 Å². The topological polar surface area (TPSA) is 106 Å². The molecule has 0 rings (SSSR count). The molecule has 0 saturated carbocycles. The van der Waals surface area contributed by atoms with Crippen LogP contribution in [0.3, 0.4) is 0 Å². The summed E-state index contributed by atoms with van der Waals surface area (Å²) in [7, 11) is 1.80. The minimum Gasteiger partial charge on any atom is -0.545 e. The van der Waals surface area contributed by atoms with Gasteiger partial charge >= 0.3 is 0 Å². The maximum atomic E-state index is 9.40. The van der Waals surface area contributed by atoms with Gasteiger partial charge in [0, 0.05) is 65.4 Å². The first kappa shape index (κ1) is 42.8. The van der Waals surface area contributed by atoms with E-state index in [-0.39, 0.29) is 65.4 Å². The number of nitrogens with two attached hydrogens (primary N) is 1. The fourth-order valence-electron chi connectivity index (χ4n) is 0.235. The average molecular weight is 438 g/mol. The number of hydrogen-bond donors (Lipinski definition) is 2. The molecule has 0 unspecified atom stereocenters. The fraction of sp³-hybridized carbons (Fsp3) is 0.667. The van der Waals surface area contributed by atoms with Gasteiger partial charge in [0.25, 0.3) is 0 Å². The van der Waals surface area contributed by atoms with Gasteiger partial charge in [-0.1, -0.05) is 13.8 Å². The SMILES string of the molecule is CC.CNCC[C-]=O.C[C-]=O.NCC[C-]=O.[CH-]=O.[Y].[Y]. The first-order valence-electron chi connectivity index (χ1n) is 5.32. The van der Waals surface area contributed by atoms with Gasteiger partial charge < -0.3 is 30.2 Å². The molecular formula is C12H24N2O4Y2-4. The molecule has 0 spiro atoms. The molecule has 0 aliphatic rings. The van der Waals surface area contributed by atoms with Gasteiger partial charge in [-0.05, 0) is 20.1 Å². The molecule has 0 heterocycles. The molecule has 116 valence electrons. The van der Waals surface area contributed by atoms with Crippen LogP contribution >= 0.6 is 0 Å². The predicted octanol–water partition coefficient (Wildman–Crippen LogP) is 0.0136. The second kappa shape index (κ2) is 90.3. The summed E-state index contributed by atoms with van der Waals surface area (Å²) in [6.07, 6.45) is 5.76. The third kappa shape index (κ3) is 177. The standard InChI is InChI=1S/C4H8NO.C3H6NO.C2H3O.C2H6.CHO.2Y/c1-5-3-2-4-6;4-2-1-3-5;1-2-3;2*1-2;;/h5H,2-3H2,1H3;1-2,4H2;1H3;1-2H3;1H;;/q3*-1;;-1;;. The molecule has 0 aromatic heterocycles. The Kier molecular flexibility index (Phi) is 193. The van der Waals surface area contributed by atoms with E-state index in [4.69, 9.17) is 15.3 Å². The van der Waals surface area contributed by atoms with Crippen molar-refractivity contribution in [2.75, 3.05) is 20.1 Å². The third-order valence-electron chi connectivity index (χ3n) is 0.723. The summed E-state index contributed by atoms with van der Waals surface area (Å²) in [5, 5.41) is 2.81.